The maximum absolute atomic E-state index is 6.11. The van der Waals surface area contributed by atoms with Gasteiger partial charge in [-0.2, -0.15) is 11.8 Å². The van der Waals surface area contributed by atoms with Gasteiger partial charge in [0.2, 0.25) is 0 Å². The monoisotopic (exact) mass is 489 g/mol. The predicted octanol–water partition coefficient (Wildman–Crippen LogP) is 2.49. The van der Waals surface area contributed by atoms with E-state index >= 15 is 0 Å². The van der Waals surface area contributed by atoms with Gasteiger partial charge in [0.05, 0.1) is 0 Å². The molecule has 0 unspecified atom stereocenters. The van der Waals surface area contributed by atoms with Crippen LogP contribution in [0.5, 0.6) is 0 Å². The van der Waals surface area contributed by atoms with E-state index in [2.05, 4.69) is 50.9 Å². The van der Waals surface area contributed by atoms with Gasteiger partial charge in [0, 0.05) is 69.6 Å². The number of piperazine rings is 1. The largest absolute Gasteiger partial charge is 0.370 e. The Morgan fingerprint density at radius 1 is 1.12 bits per heavy atom. The van der Waals surface area contributed by atoms with Crippen molar-refractivity contribution < 1.29 is 0 Å². The summed E-state index contributed by atoms with van der Waals surface area (Å²) in [6, 6.07) is 8.82. The standard InChI is InChI=1S/C19H31N5S.HI/c1-17-4-2-5-18(16-17)23-10-8-22(9-11-23)7-3-6-21-19(20)24-12-14-25-15-13-24;/h2,4-5,16H,3,6-15H2,1H3,(H2,20,21);1H. The van der Waals surface area contributed by atoms with Gasteiger partial charge in [-0.15, -0.1) is 24.0 Å². The Kier molecular flexibility index (Phi) is 9.35. The molecular weight excluding hydrogens is 457 g/mol. The molecule has 7 heteroatoms. The highest BCUT2D eigenvalue weighted by atomic mass is 127. The Balaban J connectivity index is 0.00000243. The number of rotatable bonds is 5. The van der Waals surface area contributed by atoms with Gasteiger partial charge in [-0.3, -0.25) is 9.89 Å². The summed E-state index contributed by atoms with van der Waals surface area (Å²) >= 11 is 2.00. The Bertz CT molecular complexity index is 569. The first-order chi connectivity index (χ1) is 12.2. The third-order valence-corrected chi connectivity index (χ3v) is 5.92. The zero-order valence-corrected chi connectivity index (χ0v) is 18.9. The van der Waals surface area contributed by atoms with E-state index in [1.54, 1.807) is 0 Å². The van der Waals surface area contributed by atoms with Crippen molar-refractivity contribution in [2.45, 2.75) is 13.3 Å². The van der Waals surface area contributed by atoms with Crippen molar-refractivity contribution >= 4 is 47.4 Å². The Hall–Kier alpha value is -0.670. The van der Waals surface area contributed by atoms with Crippen molar-refractivity contribution in [1.82, 2.24) is 9.80 Å². The van der Waals surface area contributed by atoms with Gasteiger partial charge in [-0.25, -0.2) is 0 Å². The number of nitrogens with zero attached hydrogens (tertiary/aromatic N) is 4. The summed E-state index contributed by atoms with van der Waals surface area (Å²) < 4.78 is 0. The van der Waals surface area contributed by atoms with Crippen molar-refractivity contribution in [2.75, 3.05) is 68.8 Å². The number of aliphatic imine (C=N–C) groups is 1. The molecule has 2 fully saturated rings. The molecule has 5 nitrogen and oxygen atoms in total. The van der Waals surface area contributed by atoms with E-state index in [0.717, 1.165) is 64.7 Å². The molecule has 2 aliphatic heterocycles. The fourth-order valence-corrected chi connectivity index (χ4v) is 4.34. The molecule has 0 bridgehead atoms. The van der Waals surface area contributed by atoms with E-state index in [9.17, 15) is 0 Å². The number of halogens is 1. The first-order valence-electron chi connectivity index (χ1n) is 9.39. The molecule has 2 heterocycles. The Labute approximate surface area is 179 Å². The van der Waals surface area contributed by atoms with E-state index in [1.165, 1.54) is 22.8 Å². The van der Waals surface area contributed by atoms with Crippen LogP contribution in [0.4, 0.5) is 5.69 Å². The van der Waals surface area contributed by atoms with Crippen LogP contribution in [-0.2, 0) is 0 Å². The summed E-state index contributed by atoms with van der Waals surface area (Å²) in [5.41, 5.74) is 8.80. The maximum atomic E-state index is 6.11. The topological polar surface area (TPSA) is 48.1 Å². The number of aryl methyl sites for hydroxylation is 1. The summed E-state index contributed by atoms with van der Waals surface area (Å²) in [6.07, 6.45) is 1.09. The zero-order valence-electron chi connectivity index (χ0n) is 15.8. The minimum atomic E-state index is 0. The summed E-state index contributed by atoms with van der Waals surface area (Å²) in [6.45, 7) is 10.7. The highest BCUT2D eigenvalue weighted by molar-refractivity contribution is 14.0. The normalized spacial score (nSPS) is 19.3. The number of thioether (sulfide) groups is 1. The fourth-order valence-electron chi connectivity index (χ4n) is 3.43. The summed E-state index contributed by atoms with van der Waals surface area (Å²) in [7, 11) is 0. The van der Waals surface area contributed by atoms with Crippen molar-refractivity contribution in [2.24, 2.45) is 10.7 Å². The third-order valence-electron chi connectivity index (χ3n) is 4.98. The van der Waals surface area contributed by atoms with Crippen molar-refractivity contribution in [3.05, 3.63) is 29.8 Å². The summed E-state index contributed by atoms with van der Waals surface area (Å²) in [4.78, 5) is 11.8. The molecule has 2 aliphatic rings. The number of hydrogen-bond acceptors (Lipinski definition) is 4. The molecule has 1 aromatic rings. The number of anilines is 1. The maximum Gasteiger partial charge on any atom is 0.191 e. The van der Waals surface area contributed by atoms with Gasteiger partial charge in [0.1, 0.15) is 0 Å². The first-order valence-corrected chi connectivity index (χ1v) is 10.5. The van der Waals surface area contributed by atoms with Crippen LogP contribution in [0.3, 0.4) is 0 Å². The molecule has 0 aliphatic carbocycles. The van der Waals surface area contributed by atoms with Crippen LogP contribution in [0, 0.1) is 6.92 Å². The number of guanidine groups is 1. The fraction of sp³-hybridized carbons (Fsp3) is 0.632. The van der Waals surface area contributed by atoms with Crippen LogP contribution in [0.15, 0.2) is 29.3 Å². The molecule has 0 spiro atoms. The molecular formula is C19H32IN5S. The highest BCUT2D eigenvalue weighted by Gasteiger charge is 2.17. The van der Waals surface area contributed by atoms with Gasteiger partial charge in [0.25, 0.3) is 0 Å². The van der Waals surface area contributed by atoms with Gasteiger partial charge in [0.15, 0.2) is 5.96 Å². The molecule has 0 aromatic heterocycles. The molecule has 2 saturated heterocycles. The molecule has 3 rings (SSSR count). The number of nitrogens with two attached hydrogens (primary N) is 1. The quantitative estimate of drug-likeness (QED) is 0.298. The van der Waals surface area contributed by atoms with Gasteiger partial charge in [-0.05, 0) is 31.0 Å². The SMILES string of the molecule is Cc1cccc(N2CCN(CCCN=C(N)N3CCSCC3)CC2)c1.I. The van der Waals surface area contributed by atoms with Crippen molar-refractivity contribution in [3.8, 4) is 0 Å². The van der Waals surface area contributed by atoms with Gasteiger partial charge in [-0.1, -0.05) is 12.1 Å². The smallest absolute Gasteiger partial charge is 0.191 e. The second kappa shape index (κ2) is 11.2. The first kappa shape index (κ1) is 21.6. The zero-order chi connectivity index (χ0) is 17.5. The molecule has 0 amide bonds. The van der Waals surface area contributed by atoms with Crippen LogP contribution >= 0.6 is 35.7 Å². The highest BCUT2D eigenvalue weighted by Crippen LogP contribution is 2.17. The van der Waals surface area contributed by atoms with Crippen LogP contribution in [0.1, 0.15) is 12.0 Å². The van der Waals surface area contributed by atoms with E-state index in [0.29, 0.717) is 0 Å². The molecule has 1 aromatic carbocycles. The van der Waals surface area contributed by atoms with E-state index in [-0.39, 0.29) is 24.0 Å². The van der Waals surface area contributed by atoms with Crippen molar-refractivity contribution in [1.29, 1.82) is 0 Å². The second-order valence-electron chi connectivity index (χ2n) is 6.86. The lowest BCUT2D eigenvalue weighted by molar-refractivity contribution is 0.256. The predicted molar refractivity (Wildman–Crippen MR) is 125 cm³/mol. The minimum Gasteiger partial charge on any atom is -0.370 e. The lowest BCUT2D eigenvalue weighted by atomic mass is 10.2. The van der Waals surface area contributed by atoms with Crippen LogP contribution in [-0.4, -0.2) is 79.6 Å². The van der Waals surface area contributed by atoms with Gasteiger partial charge < -0.3 is 15.5 Å². The minimum absolute atomic E-state index is 0. The number of benzene rings is 1. The van der Waals surface area contributed by atoms with Crippen LogP contribution < -0.4 is 10.6 Å². The molecule has 0 saturated carbocycles. The van der Waals surface area contributed by atoms with Gasteiger partial charge >= 0.3 is 0 Å². The average molecular weight is 489 g/mol. The molecule has 0 atom stereocenters. The molecule has 2 N–H and O–H groups in total. The van der Waals surface area contributed by atoms with E-state index in [4.69, 9.17) is 5.73 Å². The van der Waals surface area contributed by atoms with Crippen LogP contribution in [0.2, 0.25) is 0 Å². The van der Waals surface area contributed by atoms with Crippen molar-refractivity contribution in [3.63, 3.8) is 0 Å². The average Bonchev–Trinajstić information content (AvgIpc) is 2.66. The summed E-state index contributed by atoms with van der Waals surface area (Å²) in [5.74, 6) is 3.08. The summed E-state index contributed by atoms with van der Waals surface area (Å²) in [5, 5.41) is 0. The number of hydrogen-bond donors (Lipinski definition) is 1. The molecule has 146 valence electrons. The second-order valence-corrected chi connectivity index (χ2v) is 8.09. The Morgan fingerprint density at radius 3 is 2.54 bits per heavy atom. The lowest BCUT2D eigenvalue weighted by Crippen LogP contribution is -2.46. The Morgan fingerprint density at radius 2 is 1.85 bits per heavy atom. The lowest BCUT2D eigenvalue weighted by Gasteiger charge is -2.36. The van der Waals surface area contributed by atoms with E-state index < -0.39 is 0 Å². The molecule has 0 radical (unpaired) electrons. The van der Waals surface area contributed by atoms with Crippen LogP contribution in [0.25, 0.3) is 0 Å². The molecule has 26 heavy (non-hydrogen) atoms. The van der Waals surface area contributed by atoms with E-state index in [1.807, 2.05) is 11.8 Å². The third kappa shape index (κ3) is 6.49.